The van der Waals surface area contributed by atoms with Gasteiger partial charge in [0.15, 0.2) is 0 Å². The van der Waals surface area contributed by atoms with Crippen LogP contribution in [0.3, 0.4) is 0 Å². The first-order valence-corrected chi connectivity index (χ1v) is 12.2. The van der Waals surface area contributed by atoms with Crippen LogP contribution in [0.2, 0.25) is 0 Å². The van der Waals surface area contributed by atoms with E-state index in [1.165, 1.54) is 12.1 Å². The van der Waals surface area contributed by atoms with Crippen LogP contribution in [0.1, 0.15) is 55.8 Å². The second-order valence-electron chi connectivity index (χ2n) is 8.23. The Labute approximate surface area is 181 Å². The van der Waals surface area contributed by atoms with E-state index in [4.69, 9.17) is 5.11 Å². The van der Waals surface area contributed by atoms with E-state index in [1.807, 2.05) is 13.8 Å². The van der Waals surface area contributed by atoms with Gasteiger partial charge in [-0.3, -0.25) is 9.36 Å². The van der Waals surface area contributed by atoms with Crippen molar-refractivity contribution >= 4 is 13.3 Å². The molecule has 1 aliphatic rings. The average molecular weight is 447 g/mol. The molecule has 1 aromatic heterocycles. The smallest absolute Gasteiger partial charge is 0.305 e. The lowest BCUT2D eigenvalue weighted by Gasteiger charge is -2.19. The summed E-state index contributed by atoms with van der Waals surface area (Å²) in [4.78, 5) is 21.0. The van der Waals surface area contributed by atoms with Crippen molar-refractivity contribution in [1.82, 2.24) is 4.57 Å². The van der Waals surface area contributed by atoms with Gasteiger partial charge in [0.25, 0.3) is 7.37 Å². The number of rotatable bonds is 6. The average Bonchev–Trinajstić information content (AvgIpc) is 3.00. The first kappa shape index (κ1) is 23.3. The number of nitrogens with zero attached hydrogens (tertiary/aromatic N) is 1. The zero-order valence-corrected chi connectivity index (χ0v) is 18.5. The summed E-state index contributed by atoms with van der Waals surface area (Å²) in [5.41, 5.74) is 6.80. The lowest BCUT2D eigenvalue weighted by molar-refractivity contribution is -0.138. The third kappa shape index (κ3) is 5.46. The number of aliphatic hydroxyl groups is 1. The Bertz CT molecular complexity index is 1080. The molecular formula is C23H27FNO5P. The number of carboxylic acid groups (broad SMARTS) is 1. The number of hydrogen-bond acceptors (Lipinski definition) is 3. The monoisotopic (exact) mass is 447 g/mol. The van der Waals surface area contributed by atoms with Crippen molar-refractivity contribution in [3.8, 4) is 22.8 Å². The molecule has 2 aromatic rings. The zero-order chi connectivity index (χ0) is 22.8. The number of aliphatic carboxylic acids is 1. The van der Waals surface area contributed by atoms with Gasteiger partial charge >= 0.3 is 5.97 Å². The van der Waals surface area contributed by atoms with Gasteiger partial charge in [-0.25, -0.2) is 4.39 Å². The molecule has 0 aliphatic carbocycles. The summed E-state index contributed by atoms with van der Waals surface area (Å²) < 4.78 is 28.3. The van der Waals surface area contributed by atoms with Crippen LogP contribution in [-0.2, 0) is 22.3 Å². The van der Waals surface area contributed by atoms with Crippen LogP contribution in [0.15, 0.2) is 24.3 Å². The van der Waals surface area contributed by atoms with Gasteiger partial charge in [-0.1, -0.05) is 19.8 Å². The molecule has 166 valence electrons. The molecule has 1 aromatic carbocycles. The summed E-state index contributed by atoms with van der Waals surface area (Å²) in [6.07, 6.45) is 0.232. The molecule has 1 aliphatic heterocycles. The number of benzene rings is 1. The molecule has 2 heterocycles. The molecule has 0 radical (unpaired) electrons. The number of aliphatic hydroxyl groups excluding tert-OH is 1. The van der Waals surface area contributed by atoms with Crippen LogP contribution >= 0.6 is 7.37 Å². The Morgan fingerprint density at radius 3 is 2.55 bits per heavy atom. The van der Waals surface area contributed by atoms with Gasteiger partial charge in [0.2, 0.25) is 0 Å². The van der Waals surface area contributed by atoms with Gasteiger partial charge in [0, 0.05) is 12.2 Å². The summed E-state index contributed by atoms with van der Waals surface area (Å²) in [7, 11) is -4.09. The lowest BCUT2D eigenvalue weighted by atomic mass is 9.94. The third-order valence-corrected chi connectivity index (χ3v) is 6.75. The Kier molecular flexibility index (Phi) is 7.06. The van der Waals surface area contributed by atoms with E-state index >= 15 is 0 Å². The summed E-state index contributed by atoms with van der Waals surface area (Å²) in [5.74, 6) is 1.42. The molecule has 6 nitrogen and oxygen atoms in total. The summed E-state index contributed by atoms with van der Waals surface area (Å²) in [6.45, 7) is 4.87. The highest BCUT2D eigenvalue weighted by Crippen LogP contribution is 2.42. The van der Waals surface area contributed by atoms with Crippen molar-refractivity contribution in [3.63, 3.8) is 0 Å². The summed E-state index contributed by atoms with van der Waals surface area (Å²) in [6, 6.07) is 6.11. The molecule has 8 heteroatoms. The Morgan fingerprint density at radius 2 is 1.94 bits per heavy atom. The topological polar surface area (TPSA) is 99.8 Å². The van der Waals surface area contributed by atoms with E-state index < -0.39 is 32.0 Å². The van der Waals surface area contributed by atoms with Gasteiger partial charge in [-0.2, -0.15) is 0 Å². The Balaban J connectivity index is 2.12. The molecule has 3 rings (SSSR count). The Morgan fingerprint density at radius 1 is 1.26 bits per heavy atom. The van der Waals surface area contributed by atoms with Crippen molar-refractivity contribution in [3.05, 3.63) is 46.9 Å². The van der Waals surface area contributed by atoms with Gasteiger partial charge in [-0.05, 0) is 66.2 Å². The van der Waals surface area contributed by atoms with Crippen molar-refractivity contribution < 1.29 is 28.9 Å². The maximum atomic E-state index is 13.5. The number of aromatic nitrogens is 1. The van der Waals surface area contributed by atoms with E-state index in [-0.39, 0.29) is 11.7 Å². The second-order valence-corrected chi connectivity index (χ2v) is 10.2. The number of carboxylic acids is 1. The minimum atomic E-state index is -4.09. The summed E-state index contributed by atoms with van der Waals surface area (Å²) in [5, 5.41) is 18.5. The van der Waals surface area contributed by atoms with Gasteiger partial charge < -0.3 is 19.7 Å². The summed E-state index contributed by atoms with van der Waals surface area (Å²) >= 11 is 0. The highest BCUT2D eigenvalue weighted by Gasteiger charge is 2.27. The maximum absolute atomic E-state index is 13.5. The van der Waals surface area contributed by atoms with Crippen molar-refractivity contribution in [2.24, 2.45) is 0 Å². The van der Waals surface area contributed by atoms with E-state index in [2.05, 4.69) is 16.1 Å². The Hall–Kier alpha value is -2.39. The fourth-order valence-electron chi connectivity index (χ4n) is 4.16. The number of fused-ring (bicyclic) bond motifs is 1. The first-order chi connectivity index (χ1) is 14.6. The minimum Gasteiger partial charge on any atom is -0.481 e. The number of carbonyl (C=O) groups is 1. The minimum absolute atomic E-state index is 0.119. The largest absolute Gasteiger partial charge is 0.481 e. The van der Waals surface area contributed by atoms with E-state index in [0.29, 0.717) is 5.56 Å². The first-order valence-electron chi connectivity index (χ1n) is 10.3. The molecule has 3 N–H and O–H groups in total. The molecular weight excluding hydrogens is 420 g/mol. The molecule has 0 fully saturated rings. The van der Waals surface area contributed by atoms with Crippen molar-refractivity contribution in [2.75, 3.05) is 6.16 Å². The van der Waals surface area contributed by atoms with Crippen LogP contribution in [0, 0.1) is 17.4 Å². The molecule has 2 atom stereocenters. The highest BCUT2D eigenvalue weighted by molar-refractivity contribution is 7.63. The van der Waals surface area contributed by atoms with Crippen LogP contribution in [0.5, 0.6) is 0 Å². The predicted molar refractivity (Wildman–Crippen MR) is 117 cm³/mol. The molecule has 1 unspecified atom stereocenters. The highest BCUT2D eigenvalue weighted by atomic mass is 31.2. The standard InChI is InChI=1S/C23H27FNO5P/c1-15(2)22-19(10-12-31(29,30)14-18(26)13-21(27)28)23(16-6-8-17(24)9-7-16)25-11-4-3-5-20(22)25/h6-9,15,18,26H,3-5,11,13-14H2,1-2H3,(H,27,28)(H,29,30)/t18-/m0/s1. The van der Waals surface area contributed by atoms with Crippen molar-refractivity contribution in [1.29, 1.82) is 0 Å². The molecule has 0 amide bonds. The lowest BCUT2D eigenvalue weighted by Crippen LogP contribution is -2.17. The molecule has 0 bridgehead atoms. The number of halogens is 1. The van der Waals surface area contributed by atoms with Gasteiger partial charge in [0.1, 0.15) is 5.82 Å². The van der Waals surface area contributed by atoms with Crippen LogP contribution < -0.4 is 0 Å². The van der Waals surface area contributed by atoms with Crippen LogP contribution in [-0.4, -0.2) is 37.9 Å². The van der Waals surface area contributed by atoms with E-state index in [1.54, 1.807) is 12.1 Å². The second kappa shape index (κ2) is 9.40. The van der Waals surface area contributed by atoms with Gasteiger partial charge in [-0.15, -0.1) is 0 Å². The molecule has 0 saturated heterocycles. The zero-order valence-electron chi connectivity index (χ0n) is 17.6. The van der Waals surface area contributed by atoms with Crippen molar-refractivity contribution in [2.45, 2.75) is 58.1 Å². The van der Waals surface area contributed by atoms with Crippen LogP contribution in [0.4, 0.5) is 4.39 Å². The fourth-order valence-corrected chi connectivity index (χ4v) is 5.24. The molecule has 0 saturated carbocycles. The quantitative estimate of drug-likeness (QED) is 0.456. The normalized spacial score (nSPS) is 16.2. The van der Waals surface area contributed by atoms with Gasteiger partial charge in [0.05, 0.1) is 29.9 Å². The SMILES string of the molecule is CC(C)c1c(C#CP(=O)(O)C[C@@H](O)CC(=O)O)c(-c2ccc(F)cc2)n2c1CCCC2. The fraction of sp³-hybridized carbons (Fsp3) is 0.435. The number of hydrogen-bond donors (Lipinski definition) is 3. The molecule has 31 heavy (non-hydrogen) atoms. The van der Waals surface area contributed by atoms with E-state index in [9.17, 15) is 23.7 Å². The predicted octanol–water partition coefficient (Wildman–Crippen LogP) is 4.17. The maximum Gasteiger partial charge on any atom is 0.305 e. The van der Waals surface area contributed by atoms with E-state index in [0.717, 1.165) is 48.3 Å². The third-order valence-electron chi connectivity index (χ3n) is 5.38. The van der Waals surface area contributed by atoms with Crippen LogP contribution in [0.25, 0.3) is 11.3 Å². The molecule has 0 spiro atoms.